The highest BCUT2D eigenvalue weighted by atomic mass is 79.9. The van der Waals surface area contributed by atoms with Crippen LogP contribution in [-0.2, 0) is 0 Å². The maximum absolute atomic E-state index is 12.8. The van der Waals surface area contributed by atoms with E-state index in [9.17, 15) is 9.50 Å². The van der Waals surface area contributed by atoms with E-state index in [1.807, 2.05) is 6.07 Å². The maximum atomic E-state index is 12.8. The van der Waals surface area contributed by atoms with E-state index in [2.05, 4.69) is 21.2 Å². The number of hydrogen-bond acceptors (Lipinski definition) is 2. The molecular weight excluding hydrogens is 333 g/mol. The van der Waals surface area contributed by atoms with E-state index in [0.717, 1.165) is 15.7 Å². The lowest BCUT2D eigenvalue weighted by Crippen LogP contribution is -2.15. The molecule has 2 nitrogen and oxygen atoms in total. The minimum Gasteiger partial charge on any atom is -0.394 e. The van der Waals surface area contributed by atoms with E-state index < -0.39 is 0 Å². The SMILES string of the molecule is OCC(Nc1ccc(F)cc1)c1cc(Cl)ccc1Br. The van der Waals surface area contributed by atoms with Gasteiger partial charge in [0.25, 0.3) is 0 Å². The maximum Gasteiger partial charge on any atom is 0.123 e. The summed E-state index contributed by atoms with van der Waals surface area (Å²) in [5.41, 5.74) is 1.58. The standard InChI is InChI=1S/C14H12BrClFNO/c15-13-6-1-9(16)7-12(13)14(8-19)18-11-4-2-10(17)3-5-11/h1-7,14,18-19H,8H2. The molecule has 5 heteroatoms. The Kier molecular flexibility index (Phi) is 4.80. The summed E-state index contributed by atoms with van der Waals surface area (Å²) in [6.07, 6.45) is 0. The molecule has 0 aliphatic rings. The highest BCUT2D eigenvalue weighted by Gasteiger charge is 2.14. The van der Waals surface area contributed by atoms with Crippen LogP contribution in [0, 0.1) is 5.82 Å². The lowest BCUT2D eigenvalue weighted by molar-refractivity contribution is 0.276. The molecule has 0 aliphatic heterocycles. The first-order valence-electron chi connectivity index (χ1n) is 5.68. The van der Waals surface area contributed by atoms with Crippen LogP contribution in [0.5, 0.6) is 0 Å². The van der Waals surface area contributed by atoms with Crippen molar-refractivity contribution in [1.82, 2.24) is 0 Å². The van der Waals surface area contributed by atoms with Gasteiger partial charge in [0.1, 0.15) is 5.82 Å². The summed E-state index contributed by atoms with van der Waals surface area (Å²) in [4.78, 5) is 0. The zero-order valence-electron chi connectivity index (χ0n) is 9.91. The van der Waals surface area contributed by atoms with E-state index in [-0.39, 0.29) is 18.5 Å². The molecule has 0 amide bonds. The summed E-state index contributed by atoms with van der Waals surface area (Å²) in [5.74, 6) is -0.296. The van der Waals surface area contributed by atoms with Crippen molar-refractivity contribution in [2.75, 3.05) is 11.9 Å². The van der Waals surface area contributed by atoms with Crippen molar-refractivity contribution in [3.8, 4) is 0 Å². The van der Waals surface area contributed by atoms with Crippen LogP contribution in [0.15, 0.2) is 46.9 Å². The molecule has 19 heavy (non-hydrogen) atoms. The Balaban J connectivity index is 2.24. The van der Waals surface area contributed by atoms with Crippen LogP contribution >= 0.6 is 27.5 Å². The van der Waals surface area contributed by atoms with Gasteiger partial charge in [-0.1, -0.05) is 27.5 Å². The third-order valence-corrected chi connectivity index (χ3v) is 3.66. The fourth-order valence-corrected chi connectivity index (χ4v) is 2.45. The Hall–Kier alpha value is -1.10. The van der Waals surface area contributed by atoms with Crippen molar-refractivity contribution in [1.29, 1.82) is 0 Å². The summed E-state index contributed by atoms with van der Waals surface area (Å²) in [7, 11) is 0. The fraction of sp³-hybridized carbons (Fsp3) is 0.143. The Morgan fingerprint density at radius 2 is 1.89 bits per heavy atom. The van der Waals surface area contributed by atoms with Crippen LogP contribution in [0.1, 0.15) is 11.6 Å². The minimum absolute atomic E-state index is 0.101. The number of benzene rings is 2. The number of aliphatic hydroxyl groups is 1. The Morgan fingerprint density at radius 1 is 1.21 bits per heavy atom. The van der Waals surface area contributed by atoms with Crippen LogP contribution in [0.3, 0.4) is 0 Å². The number of halogens is 3. The molecule has 2 aromatic rings. The molecule has 1 atom stereocenters. The number of anilines is 1. The van der Waals surface area contributed by atoms with Crippen molar-refractivity contribution in [3.63, 3.8) is 0 Å². The van der Waals surface area contributed by atoms with Crippen LogP contribution in [0.25, 0.3) is 0 Å². The van der Waals surface area contributed by atoms with Gasteiger partial charge in [0, 0.05) is 15.2 Å². The van der Waals surface area contributed by atoms with Gasteiger partial charge in [-0.25, -0.2) is 4.39 Å². The first-order chi connectivity index (χ1) is 9.10. The molecule has 0 radical (unpaired) electrons. The monoisotopic (exact) mass is 343 g/mol. The molecule has 2 aromatic carbocycles. The van der Waals surface area contributed by atoms with E-state index >= 15 is 0 Å². The molecule has 1 unspecified atom stereocenters. The molecule has 2 rings (SSSR count). The van der Waals surface area contributed by atoms with E-state index in [1.165, 1.54) is 12.1 Å². The Morgan fingerprint density at radius 3 is 2.53 bits per heavy atom. The van der Waals surface area contributed by atoms with Gasteiger partial charge in [0.2, 0.25) is 0 Å². The van der Waals surface area contributed by atoms with Crippen molar-refractivity contribution in [2.24, 2.45) is 0 Å². The second-order valence-electron chi connectivity index (χ2n) is 4.05. The van der Waals surface area contributed by atoms with Crippen LogP contribution in [0.2, 0.25) is 5.02 Å². The lowest BCUT2D eigenvalue weighted by atomic mass is 10.1. The second kappa shape index (κ2) is 6.37. The highest BCUT2D eigenvalue weighted by molar-refractivity contribution is 9.10. The molecular formula is C14H12BrClFNO. The van der Waals surface area contributed by atoms with Gasteiger partial charge in [0.15, 0.2) is 0 Å². The minimum atomic E-state index is -0.321. The first-order valence-corrected chi connectivity index (χ1v) is 6.85. The molecule has 0 spiro atoms. The van der Waals surface area contributed by atoms with Crippen molar-refractivity contribution in [2.45, 2.75) is 6.04 Å². The largest absolute Gasteiger partial charge is 0.394 e. The van der Waals surface area contributed by atoms with Crippen LogP contribution in [0.4, 0.5) is 10.1 Å². The summed E-state index contributed by atoms with van der Waals surface area (Å²) < 4.78 is 13.7. The van der Waals surface area contributed by atoms with Gasteiger partial charge in [-0.2, -0.15) is 0 Å². The van der Waals surface area contributed by atoms with Crippen molar-refractivity contribution < 1.29 is 9.50 Å². The molecule has 0 aromatic heterocycles. The highest BCUT2D eigenvalue weighted by Crippen LogP contribution is 2.29. The third-order valence-electron chi connectivity index (χ3n) is 2.70. The summed E-state index contributed by atoms with van der Waals surface area (Å²) in [6, 6.07) is 11.0. The Labute approximate surface area is 124 Å². The second-order valence-corrected chi connectivity index (χ2v) is 5.34. The number of aliphatic hydroxyl groups excluding tert-OH is 1. The molecule has 0 fully saturated rings. The molecule has 0 saturated heterocycles. The predicted octanol–water partition coefficient (Wildman–Crippen LogP) is 4.39. The van der Waals surface area contributed by atoms with Gasteiger partial charge in [-0.05, 0) is 48.0 Å². The molecule has 100 valence electrons. The number of hydrogen-bond donors (Lipinski definition) is 2. The molecule has 2 N–H and O–H groups in total. The smallest absolute Gasteiger partial charge is 0.123 e. The number of nitrogens with one attached hydrogen (secondary N) is 1. The van der Waals surface area contributed by atoms with Crippen molar-refractivity contribution in [3.05, 3.63) is 63.3 Å². The Bertz CT molecular complexity index is 562. The average molecular weight is 345 g/mol. The fourth-order valence-electron chi connectivity index (χ4n) is 1.75. The zero-order chi connectivity index (χ0) is 13.8. The van der Waals surface area contributed by atoms with E-state index in [0.29, 0.717) is 5.02 Å². The topological polar surface area (TPSA) is 32.3 Å². The van der Waals surface area contributed by atoms with E-state index in [1.54, 1.807) is 24.3 Å². The van der Waals surface area contributed by atoms with Gasteiger partial charge in [-0.3, -0.25) is 0 Å². The molecule has 0 saturated carbocycles. The van der Waals surface area contributed by atoms with Crippen LogP contribution in [-0.4, -0.2) is 11.7 Å². The van der Waals surface area contributed by atoms with E-state index in [4.69, 9.17) is 11.6 Å². The molecule has 0 heterocycles. The summed E-state index contributed by atoms with van der Waals surface area (Å²) >= 11 is 9.39. The van der Waals surface area contributed by atoms with Gasteiger partial charge >= 0.3 is 0 Å². The summed E-state index contributed by atoms with van der Waals surface area (Å²) in [6.45, 7) is -0.101. The van der Waals surface area contributed by atoms with Gasteiger partial charge in [-0.15, -0.1) is 0 Å². The number of rotatable bonds is 4. The molecule has 0 bridgehead atoms. The van der Waals surface area contributed by atoms with Gasteiger partial charge in [0.05, 0.1) is 12.6 Å². The quantitative estimate of drug-likeness (QED) is 0.862. The normalized spacial score (nSPS) is 12.2. The zero-order valence-corrected chi connectivity index (χ0v) is 12.2. The van der Waals surface area contributed by atoms with Crippen molar-refractivity contribution >= 4 is 33.2 Å². The lowest BCUT2D eigenvalue weighted by Gasteiger charge is -2.19. The summed E-state index contributed by atoms with van der Waals surface area (Å²) in [5, 5.41) is 13.2. The first kappa shape index (κ1) is 14.3. The predicted molar refractivity (Wildman–Crippen MR) is 79.0 cm³/mol. The van der Waals surface area contributed by atoms with Crippen LogP contribution < -0.4 is 5.32 Å². The van der Waals surface area contributed by atoms with Gasteiger partial charge < -0.3 is 10.4 Å². The molecule has 0 aliphatic carbocycles. The average Bonchev–Trinajstić information content (AvgIpc) is 2.41. The third kappa shape index (κ3) is 3.69.